The molecule has 2 aromatic heterocycles. The summed E-state index contributed by atoms with van der Waals surface area (Å²) in [6.45, 7) is 9.87. The second-order valence-electron chi connectivity index (χ2n) is 9.15. The number of carbonyl (C=O) groups is 1. The minimum Gasteiger partial charge on any atom is -0.445 e. The minimum atomic E-state index is -3.30. The molecule has 2 heterocycles. The quantitative estimate of drug-likeness (QED) is 0.357. The molecule has 0 amide bonds. The van der Waals surface area contributed by atoms with Gasteiger partial charge in [-0.2, -0.15) is 14.9 Å². The van der Waals surface area contributed by atoms with Gasteiger partial charge in [-0.15, -0.1) is 0 Å². The summed E-state index contributed by atoms with van der Waals surface area (Å²) in [6.07, 6.45) is 2.78. The Hall–Kier alpha value is -3.46. The van der Waals surface area contributed by atoms with Gasteiger partial charge in [0, 0.05) is 17.2 Å². The first kappa shape index (κ1) is 24.7. The van der Waals surface area contributed by atoms with E-state index in [1.807, 2.05) is 32.9 Å². The van der Waals surface area contributed by atoms with Crippen LogP contribution in [0.1, 0.15) is 51.8 Å². The lowest BCUT2D eigenvalue weighted by Gasteiger charge is -2.14. The summed E-state index contributed by atoms with van der Waals surface area (Å²) in [6, 6.07) is 12.6. The number of rotatable bonds is 6. The maximum absolute atomic E-state index is 12.9. The van der Waals surface area contributed by atoms with Crippen LogP contribution in [0.15, 0.2) is 53.6 Å². The highest BCUT2D eigenvalue weighted by Crippen LogP contribution is 2.35. The maximum atomic E-state index is 12.9. The molecular weight excluding hydrogens is 464 g/mol. The molecule has 0 saturated carbocycles. The first-order valence-corrected chi connectivity index (χ1v) is 13.5. The molecule has 9 heteroatoms. The van der Waals surface area contributed by atoms with E-state index >= 15 is 0 Å². The number of benzene rings is 2. The molecule has 0 bridgehead atoms. The van der Waals surface area contributed by atoms with Gasteiger partial charge in [0.25, 0.3) is 0 Å². The molecular formula is C26H30N4O4S. The van der Waals surface area contributed by atoms with Gasteiger partial charge in [0.2, 0.25) is 0 Å². The van der Waals surface area contributed by atoms with E-state index in [1.54, 1.807) is 35.1 Å². The molecule has 8 nitrogen and oxygen atoms in total. The lowest BCUT2D eigenvalue weighted by molar-refractivity contribution is 0.115. The summed E-state index contributed by atoms with van der Waals surface area (Å²) in [5, 5.41) is 10.1. The normalized spacial score (nSPS) is 12.1. The van der Waals surface area contributed by atoms with Gasteiger partial charge in [-0.25, -0.2) is 17.9 Å². The number of aryl methyl sites for hydroxylation is 1. The molecule has 0 radical (unpaired) electrons. The number of carbonyl (C=O) groups excluding carboxylic acids is 1. The van der Waals surface area contributed by atoms with E-state index in [0.717, 1.165) is 33.6 Å². The van der Waals surface area contributed by atoms with Crippen molar-refractivity contribution >= 4 is 26.8 Å². The van der Waals surface area contributed by atoms with Crippen LogP contribution >= 0.6 is 0 Å². The van der Waals surface area contributed by atoms with Gasteiger partial charge in [-0.1, -0.05) is 20.8 Å². The van der Waals surface area contributed by atoms with Crippen LogP contribution in [0, 0.1) is 0 Å². The average molecular weight is 495 g/mol. The fourth-order valence-electron chi connectivity index (χ4n) is 4.16. The predicted molar refractivity (Wildman–Crippen MR) is 136 cm³/mol. The fraction of sp³-hybridized carbons (Fsp3) is 0.346. The van der Waals surface area contributed by atoms with Crippen LogP contribution in [0.4, 0.5) is 4.79 Å². The number of aromatic nitrogens is 4. The van der Waals surface area contributed by atoms with Crippen LogP contribution in [0.5, 0.6) is 0 Å². The zero-order valence-electron chi connectivity index (χ0n) is 20.8. The van der Waals surface area contributed by atoms with Gasteiger partial charge >= 0.3 is 6.09 Å². The van der Waals surface area contributed by atoms with E-state index < -0.39 is 15.9 Å². The topological polar surface area (TPSA) is 96.1 Å². The Labute approximate surface area is 205 Å². The maximum Gasteiger partial charge on any atom is 0.435 e. The zero-order valence-corrected chi connectivity index (χ0v) is 21.6. The van der Waals surface area contributed by atoms with Crippen molar-refractivity contribution < 1.29 is 17.9 Å². The van der Waals surface area contributed by atoms with Crippen molar-refractivity contribution in [1.82, 2.24) is 19.6 Å². The number of hydrogen-bond acceptors (Lipinski definition) is 6. The van der Waals surface area contributed by atoms with Crippen LogP contribution in [-0.2, 0) is 21.0 Å². The van der Waals surface area contributed by atoms with E-state index in [1.165, 1.54) is 10.9 Å². The minimum absolute atomic E-state index is 0.187. The first-order valence-electron chi connectivity index (χ1n) is 11.6. The summed E-state index contributed by atoms with van der Waals surface area (Å²) >= 11 is 0. The lowest BCUT2D eigenvalue weighted by atomic mass is 9.94. The number of hydrogen-bond donors (Lipinski definition) is 0. The molecule has 0 N–H and O–H groups in total. The van der Waals surface area contributed by atoms with Crippen molar-refractivity contribution in [2.24, 2.45) is 0 Å². The van der Waals surface area contributed by atoms with E-state index in [2.05, 4.69) is 30.1 Å². The second-order valence-corrected chi connectivity index (χ2v) is 11.2. The third-order valence-electron chi connectivity index (χ3n) is 5.80. The third kappa shape index (κ3) is 4.73. The highest BCUT2D eigenvalue weighted by Gasteiger charge is 2.23. The third-order valence-corrected chi connectivity index (χ3v) is 6.93. The molecule has 0 aliphatic rings. The number of nitrogens with zero attached hydrogens (tertiary/aromatic N) is 4. The van der Waals surface area contributed by atoms with E-state index in [9.17, 15) is 13.2 Å². The first-order chi connectivity index (χ1) is 16.5. The molecule has 35 heavy (non-hydrogen) atoms. The van der Waals surface area contributed by atoms with Gasteiger partial charge in [-0.05, 0) is 74.2 Å². The van der Waals surface area contributed by atoms with Gasteiger partial charge in [0.1, 0.15) is 0 Å². The molecule has 0 spiro atoms. The van der Waals surface area contributed by atoms with Crippen LogP contribution in [-0.4, -0.2) is 46.4 Å². The molecule has 0 atom stereocenters. The molecule has 0 aliphatic heterocycles. The Bertz CT molecular complexity index is 1500. The monoisotopic (exact) mass is 494 g/mol. The SMILES string of the molecule is CCc1nn(C(=O)OC(C)C)c2cc(-c3ccnn3-c3ccc(S(C)(=O)=O)cc3)cc(C(C)C)c12. The largest absolute Gasteiger partial charge is 0.445 e. The summed E-state index contributed by atoms with van der Waals surface area (Å²) in [7, 11) is -3.30. The summed E-state index contributed by atoms with van der Waals surface area (Å²) in [4.78, 5) is 13.1. The van der Waals surface area contributed by atoms with Crippen molar-refractivity contribution in [3.63, 3.8) is 0 Å². The molecule has 4 rings (SSSR count). The summed E-state index contributed by atoms with van der Waals surface area (Å²) in [5.74, 6) is 0.187. The smallest absolute Gasteiger partial charge is 0.435 e. The summed E-state index contributed by atoms with van der Waals surface area (Å²) < 4.78 is 32.3. The van der Waals surface area contributed by atoms with E-state index in [0.29, 0.717) is 11.9 Å². The van der Waals surface area contributed by atoms with Crippen molar-refractivity contribution in [3.05, 3.63) is 59.9 Å². The van der Waals surface area contributed by atoms with Crippen LogP contribution in [0.3, 0.4) is 0 Å². The molecule has 0 aliphatic carbocycles. The molecule has 0 saturated heterocycles. The van der Waals surface area contributed by atoms with Crippen LogP contribution in [0.25, 0.3) is 27.8 Å². The summed E-state index contributed by atoms with van der Waals surface area (Å²) in [5.41, 5.74) is 5.02. The Kier molecular flexibility index (Phi) is 6.55. The van der Waals surface area contributed by atoms with E-state index in [4.69, 9.17) is 4.74 Å². The second kappa shape index (κ2) is 9.30. The van der Waals surface area contributed by atoms with Crippen LogP contribution in [0.2, 0.25) is 0 Å². The zero-order chi connectivity index (χ0) is 25.5. The predicted octanol–water partition coefficient (Wildman–Crippen LogP) is 5.37. The Morgan fingerprint density at radius 3 is 2.31 bits per heavy atom. The van der Waals surface area contributed by atoms with Gasteiger partial charge in [0.05, 0.1) is 39.8 Å². The number of ether oxygens (including phenoxy) is 1. The highest BCUT2D eigenvalue weighted by atomic mass is 32.2. The standard InChI is InChI=1S/C26H30N4O4S/c1-7-22-25-21(16(2)3)14-18(15-24(25)30(28-22)26(31)34-17(4)5)23-12-13-27-29(23)19-8-10-20(11-9-19)35(6,32)33/h8-17H,7H2,1-6H3. The van der Waals surface area contributed by atoms with Gasteiger partial charge in [0.15, 0.2) is 9.84 Å². The van der Waals surface area contributed by atoms with Crippen molar-refractivity contribution in [2.45, 2.75) is 58.0 Å². The fourth-order valence-corrected chi connectivity index (χ4v) is 4.79. The van der Waals surface area contributed by atoms with Crippen molar-refractivity contribution in [1.29, 1.82) is 0 Å². The molecule has 184 valence electrons. The molecule has 4 aromatic rings. The van der Waals surface area contributed by atoms with Crippen molar-refractivity contribution in [3.8, 4) is 16.9 Å². The molecule has 2 aromatic carbocycles. The van der Waals surface area contributed by atoms with E-state index in [-0.39, 0.29) is 16.9 Å². The number of sulfone groups is 1. The molecule has 0 unspecified atom stereocenters. The van der Waals surface area contributed by atoms with Crippen molar-refractivity contribution in [2.75, 3.05) is 6.26 Å². The molecule has 0 fully saturated rings. The number of fused-ring (bicyclic) bond motifs is 1. The van der Waals surface area contributed by atoms with Gasteiger partial charge in [-0.3, -0.25) is 0 Å². The Morgan fingerprint density at radius 1 is 1.06 bits per heavy atom. The average Bonchev–Trinajstić information content (AvgIpc) is 3.42. The Morgan fingerprint density at radius 2 is 1.74 bits per heavy atom. The lowest BCUT2D eigenvalue weighted by Crippen LogP contribution is -2.19. The van der Waals surface area contributed by atoms with Gasteiger partial charge < -0.3 is 4.74 Å². The highest BCUT2D eigenvalue weighted by molar-refractivity contribution is 7.90. The van der Waals surface area contributed by atoms with Crippen LogP contribution < -0.4 is 0 Å². The Balaban J connectivity index is 1.92.